The van der Waals surface area contributed by atoms with Gasteiger partial charge < -0.3 is 0 Å². The summed E-state index contributed by atoms with van der Waals surface area (Å²) >= 11 is 3.22. The highest BCUT2D eigenvalue weighted by Gasteiger charge is 2.71. The molecule has 0 aliphatic heterocycles. The molecular weight excluding hydrogens is 375 g/mol. The summed E-state index contributed by atoms with van der Waals surface area (Å²) in [5.74, 6) is -0.718. The first kappa shape index (κ1) is 16.0. The third-order valence-electron chi connectivity index (χ3n) is 4.33. The van der Waals surface area contributed by atoms with Crippen molar-refractivity contribution in [3.05, 3.63) is 74.2 Å². The number of rotatable bonds is 3. The fraction of sp³-hybridized carbons (Fsp3) is 0.250. The highest BCUT2D eigenvalue weighted by Crippen LogP contribution is 2.68. The zero-order chi connectivity index (χ0) is 16.8. The van der Waals surface area contributed by atoms with Crippen LogP contribution >= 0.6 is 15.9 Å². The molecule has 2 aromatic carbocycles. The lowest BCUT2D eigenvalue weighted by Crippen LogP contribution is -2.30. The predicted octanol–water partition coefficient (Wildman–Crippen LogP) is 5.34. The zero-order valence-corrected chi connectivity index (χ0v) is 13.3. The molecule has 0 N–H and O–H groups in total. The summed E-state index contributed by atoms with van der Waals surface area (Å²) < 4.78 is 41.8. The smallest absolute Gasteiger partial charge is 0.258 e. The van der Waals surface area contributed by atoms with Gasteiger partial charge in [0.05, 0.1) is 10.3 Å². The van der Waals surface area contributed by atoms with E-state index < -0.39 is 22.4 Å². The summed E-state index contributed by atoms with van der Waals surface area (Å²) in [6.07, 6.45) is -4.43. The van der Waals surface area contributed by atoms with Crippen molar-refractivity contribution in [2.75, 3.05) is 0 Å². The molecule has 3 rings (SSSR count). The number of nitrogens with zero attached hydrogens (tertiary/aromatic N) is 1. The standard InChI is InChI=1S/C16H11BrF3NO2/c17-12-5-3-11(4-6-12)15(16(18,19)20)9-14(15)10-1-7-13(8-2-10)21(22)23/h1-8,14H,9H2/t14-,15-/m0/s1. The number of nitro benzene ring substituents is 1. The van der Waals surface area contributed by atoms with E-state index in [2.05, 4.69) is 15.9 Å². The number of alkyl halides is 3. The molecule has 7 heteroatoms. The van der Waals surface area contributed by atoms with Gasteiger partial charge in [-0.25, -0.2) is 0 Å². The Labute approximate surface area is 138 Å². The van der Waals surface area contributed by atoms with E-state index in [1.165, 1.54) is 36.4 Å². The van der Waals surface area contributed by atoms with Gasteiger partial charge in [-0.15, -0.1) is 0 Å². The van der Waals surface area contributed by atoms with Crippen LogP contribution in [0.3, 0.4) is 0 Å². The van der Waals surface area contributed by atoms with Gasteiger partial charge in [0.1, 0.15) is 0 Å². The van der Waals surface area contributed by atoms with E-state index >= 15 is 0 Å². The summed E-state index contributed by atoms with van der Waals surface area (Å²) in [7, 11) is 0. The largest absolute Gasteiger partial charge is 0.399 e. The Hall–Kier alpha value is -1.89. The Morgan fingerprint density at radius 1 is 1.09 bits per heavy atom. The van der Waals surface area contributed by atoms with Crippen LogP contribution in [0.15, 0.2) is 53.0 Å². The van der Waals surface area contributed by atoms with Crippen LogP contribution in [0.4, 0.5) is 18.9 Å². The van der Waals surface area contributed by atoms with Gasteiger partial charge in [-0.05, 0) is 29.7 Å². The summed E-state index contributed by atoms with van der Waals surface area (Å²) in [5, 5.41) is 10.7. The van der Waals surface area contributed by atoms with Crippen molar-refractivity contribution in [1.82, 2.24) is 0 Å². The number of halogens is 4. The Morgan fingerprint density at radius 3 is 2.13 bits per heavy atom. The molecule has 1 saturated carbocycles. The molecule has 2 aromatic rings. The Morgan fingerprint density at radius 2 is 1.65 bits per heavy atom. The van der Waals surface area contributed by atoms with Crippen molar-refractivity contribution >= 4 is 21.6 Å². The second-order valence-electron chi connectivity index (χ2n) is 5.58. The van der Waals surface area contributed by atoms with E-state index in [0.717, 1.165) is 0 Å². The van der Waals surface area contributed by atoms with Gasteiger partial charge in [0.2, 0.25) is 0 Å². The topological polar surface area (TPSA) is 43.1 Å². The number of non-ortho nitro benzene ring substituents is 1. The molecule has 0 radical (unpaired) electrons. The molecule has 2 atom stereocenters. The molecule has 0 amide bonds. The molecule has 1 fully saturated rings. The first-order chi connectivity index (χ1) is 10.8. The maximum atomic E-state index is 13.7. The van der Waals surface area contributed by atoms with Gasteiger partial charge in [0, 0.05) is 22.5 Å². The number of nitro groups is 1. The van der Waals surface area contributed by atoms with Gasteiger partial charge in [-0.3, -0.25) is 10.1 Å². The molecule has 1 aliphatic carbocycles. The summed E-state index contributed by atoms with van der Waals surface area (Å²) in [6, 6.07) is 11.4. The first-order valence-electron chi connectivity index (χ1n) is 6.83. The van der Waals surface area contributed by atoms with E-state index in [-0.39, 0.29) is 17.7 Å². The van der Waals surface area contributed by atoms with Crippen LogP contribution in [0.1, 0.15) is 23.5 Å². The summed E-state index contributed by atoms with van der Waals surface area (Å²) in [5.41, 5.74) is -1.35. The van der Waals surface area contributed by atoms with E-state index in [1.807, 2.05) is 0 Å². The maximum Gasteiger partial charge on any atom is 0.399 e. The van der Waals surface area contributed by atoms with Gasteiger partial charge in [0.25, 0.3) is 5.69 Å². The molecule has 1 aliphatic rings. The van der Waals surface area contributed by atoms with E-state index in [0.29, 0.717) is 10.0 Å². The Kier molecular flexibility index (Phi) is 3.71. The molecule has 0 aromatic heterocycles. The van der Waals surface area contributed by atoms with Crippen molar-refractivity contribution in [2.24, 2.45) is 0 Å². The van der Waals surface area contributed by atoms with Crippen molar-refractivity contribution in [3.8, 4) is 0 Å². The minimum absolute atomic E-state index is 0.0457. The van der Waals surface area contributed by atoms with Gasteiger partial charge >= 0.3 is 6.18 Å². The minimum Gasteiger partial charge on any atom is -0.258 e. The third kappa shape index (κ3) is 2.63. The van der Waals surface area contributed by atoms with E-state index in [9.17, 15) is 23.3 Å². The van der Waals surface area contributed by atoms with Crippen LogP contribution in [0, 0.1) is 10.1 Å². The molecule has 0 unspecified atom stereocenters. The van der Waals surface area contributed by atoms with Gasteiger partial charge in [-0.1, -0.05) is 40.2 Å². The summed E-state index contributed by atoms with van der Waals surface area (Å²) in [6.45, 7) is 0. The van der Waals surface area contributed by atoms with Crippen LogP contribution < -0.4 is 0 Å². The Bertz CT molecular complexity index is 743. The molecule has 0 saturated heterocycles. The van der Waals surface area contributed by atoms with Crippen LogP contribution in [0.25, 0.3) is 0 Å². The third-order valence-corrected chi connectivity index (χ3v) is 4.86. The second-order valence-corrected chi connectivity index (χ2v) is 6.50. The second kappa shape index (κ2) is 5.33. The lowest BCUT2D eigenvalue weighted by molar-refractivity contribution is -0.384. The highest BCUT2D eigenvalue weighted by molar-refractivity contribution is 9.10. The SMILES string of the molecule is O=[N+]([O-])c1ccc([C@@H]2C[C@@]2(c2ccc(Br)cc2)C(F)(F)F)cc1. The van der Waals surface area contributed by atoms with E-state index in [4.69, 9.17) is 0 Å². The molecule has 0 bridgehead atoms. The molecule has 23 heavy (non-hydrogen) atoms. The highest BCUT2D eigenvalue weighted by atomic mass is 79.9. The summed E-state index contributed by atoms with van der Waals surface area (Å²) in [4.78, 5) is 10.1. The van der Waals surface area contributed by atoms with Crippen molar-refractivity contribution in [3.63, 3.8) is 0 Å². The predicted molar refractivity (Wildman–Crippen MR) is 82.3 cm³/mol. The van der Waals surface area contributed by atoms with Crippen LogP contribution in [-0.2, 0) is 5.41 Å². The average Bonchev–Trinajstić information content (AvgIpc) is 3.25. The molecule has 120 valence electrons. The van der Waals surface area contributed by atoms with E-state index in [1.54, 1.807) is 12.1 Å². The monoisotopic (exact) mass is 385 g/mol. The van der Waals surface area contributed by atoms with Crippen LogP contribution in [-0.4, -0.2) is 11.1 Å². The maximum absolute atomic E-state index is 13.7. The molecule has 0 heterocycles. The van der Waals surface area contributed by atoms with Crippen LogP contribution in [0.5, 0.6) is 0 Å². The molecule has 0 spiro atoms. The fourth-order valence-electron chi connectivity index (χ4n) is 3.04. The quantitative estimate of drug-likeness (QED) is 0.528. The zero-order valence-electron chi connectivity index (χ0n) is 11.7. The van der Waals surface area contributed by atoms with Crippen molar-refractivity contribution < 1.29 is 18.1 Å². The number of benzene rings is 2. The van der Waals surface area contributed by atoms with Gasteiger partial charge in [0.15, 0.2) is 0 Å². The lowest BCUT2D eigenvalue weighted by atomic mass is 9.90. The lowest BCUT2D eigenvalue weighted by Gasteiger charge is -2.22. The number of hydrogen-bond acceptors (Lipinski definition) is 2. The van der Waals surface area contributed by atoms with Gasteiger partial charge in [-0.2, -0.15) is 13.2 Å². The number of hydrogen-bond donors (Lipinski definition) is 0. The fourth-order valence-corrected chi connectivity index (χ4v) is 3.30. The molecule has 3 nitrogen and oxygen atoms in total. The van der Waals surface area contributed by atoms with Crippen LogP contribution in [0.2, 0.25) is 0 Å². The van der Waals surface area contributed by atoms with Crippen molar-refractivity contribution in [1.29, 1.82) is 0 Å². The first-order valence-corrected chi connectivity index (χ1v) is 7.62. The average molecular weight is 386 g/mol. The minimum atomic E-state index is -4.38. The van der Waals surface area contributed by atoms with Crippen molar-refractivity contribution in [2.45, 2.75) is 23.9 Å². The Balaban J connectivity index is 1.98. The normalized spacial score (nSPS) is 23.6. The molecular formula is C16H11BrF3NO2.